The summed E-state index contributed by atoms with van der Waals surface area (Å²) in [4.78, 5) is 122. The molecule has 9 N–H and O–H groups in total. The molecule has 6 amide bonds. The van der Waals surface area contributed by atoms with Crippen molar-refractivity contribution < 1.29 is 82.5 Å². The van der Waals surface area contributed by atoms with E-state index in [1.165, 1.54) is 98.4 Å². The fourth-order valence-electron chi connectivity index (χ4n) is 12.8. The molecule has 1 atom stereocenters. The molecule has 0 aliphatic rings. The molecule has 0 saturated carbocycles. The van der Waals surface area contributed by atoms with E-state index < -0.39 is 65.3 Å². The molecule has 0 bridgehead atoms. The first-order valence-electron chi connectivity index (χ1n) is 42.2. The van der Waals surface area contributed by atoms with Crippen molar-refractivity contribution in [2.24, 2.45) is 5.73 Å². The number of alkyl halides is 9. The van der Waals surface area contributed by atoms with Crippen LogP contribution in [-0.4, -0.2) is 107 Å². The van der Waals surface area contributed by atoms with Gasteiger partial charge >= 0.3 is 18.5 Å². The number of phenols is 1. The number of nitrogens with two attached hydrogens (primary N) is 1. The number of ether oxygens (including phenoxy) is 1. The molecule has 0 radical (unpaired) electrons. The van der Waals surface area contributed by atoms with Crippen molar-refractivity contribution in [3.8, 4) is 79.0 Å². The Balaban J connectivity index is 0.000000144. The average Bonchev–Trinajstić information content (AvgIpc) is 1.72. The molecule has 18 aromatic rings. The second-order valence-electron chi connectivity index (χ2n) is 29.8. The van der Waals surface area contributed by atoms with E-state index in [-0.39, 0.29) is 66.2 Å². The van der Waals surface area contributed by atoms with Crippen LogP contribution in [0.4, 0.5) is 74.7 Å². The fourth-order valence-corrected chi connectivity index (χ4v) is 17.2. The summed E-state index contributed by atoms with van der Waals surface area (Å²) in [6.45, 7) is 0. The number of nitrogens with one attached hydrogen (secondary N) is 6. The number of hydrogen-bond donors (Lipinski definition) is 8. The summed E-state index contributed by atoms with van der Waals surface area (Å²) in [6, 6.07) is 56.2. The number of aromatic nitrogens is 12. The highest BCUT2D eigenvalue weighted by Crippen LogP contribution is 2.37. The number of anilines is 6. The monoisotopic (exact) mass is 2050 g/mol. The van der Waals surface area contributed by atoms with Crippen molar-refractivity contribution in [3.63, 3.8) is 0 Å². The highest BCUT2D eigenvalue weighted by atomic mass is 32.1. The summed E-state index contributed by atoms with van der Waals surface area (Å²) in [5.41, 5.74) is 15.9. The second-order valence-corrected chi connectivity index (χ2v) is 35.0. The van der Waals surface area contributed by atoms with Gasteiger partial charge in [0.15, 0.2) is 30.8 Å². The first kappa shape index (κ1) is 104. The van der Waals surface area contributed by atoms with Crippen molar-refractivity contribution in [2.75, 3.05) is 39.0 Å². The first-order valence-corrected chi connectivity index (χ1v) is 47.5. The smallest absolute Gasteiger partial charge is 0.416 e. The third-order valence-electron chi connectivity index (χ3n) is 19.6. The average molecular weight is 2060 g/mol. The van der Waals surface area contributed by atoms with Gasteiger partial charge in [-0.1, -0.05) is 91.0 Å². The van der Waals surface area contributed by atoms with E-state index >= 15 is 0 Å². The number of para-hydroxylation sites is 1. The van der Waals surface area contributed by atoms with E-state index in [1.54, 1.807) is 141 Å². The minimum absolute atomic E-state index is 0.0255. The summed E-state index contributed by atoms with van der Waals surface area (Å²) in [5.74, 6) is -2.22. The lowest BCUT2D eigenvalue weighted by atomic mass is 10.0. The van der Waals surface area contributed by atoms with E-state index in [9.17, 15) is 77.8 Å². The second kappa shape index (κ2) is 50.5. The summed E-state index contributed by atoms with van der Waals surface area (Å²) < 4.78 is 133. The molecule has 0 unspecified atom stereocenters. The molecule has 726 valence electrons. The normalized spacial score (nSPS) is 11.1. The number of benzene rings is 6. The van der Waals surface area contributed by atoms with Gasteiger partial charge in [0.1, 0.15) is 23.4 Å². The molecular formula is C100H77F10N19O8S6. The zero-order chi connectivity index (χ0) is 101. The Labute approximate surface area is 832 Å². The summed E-state index contributed by atoms with van der Waals surface area (Å²) in [6.07, 6.45) is 6.10. The van der Waals surface area contributed by atoms with Crippen LogP contribution in [0.5, 0.6) is 11.5 Å². The van der Waals surface area contributed by atoms with Gasteiger partial charge in [0.25, 0.3) is 0 Å². The number of amides is 6. The van der Waals surface area contributed by atoms with E-state index in [1.807, 2.05) is 125 Å². The van der Waals surface area contributed by atoms with Gasteiger partial charge < -0.3 is 47.5 Å². The van der Waals surface area contributed by atoms with E-state index in [2.05, 4.69) is 91.7 Å². The third kappa shape index (κ3) is 32.4. The van der Waals surface area contributed by atoms with Crippen LogP contribution >= 0.6 is 68.0 Å². The molecule has 143 heavy (non-hydrogen) atoms. The molecule has 0 spiro atoms. The molecule has 0 aliphatic heterocycles. The largest absolute Gasteiger partial charge is 0.508 e. The maximum atomic E-state index is 13.4. The van der Waals surface area contributed by atoms with E-state index in [0.29, 0.717) is 59.6 Å². The minimum Gasteiger partial charge on any atom is -0.508 e. The van der Waals surface area contributed by atoms with Crippen molar-refractivity contribution >= 4 is 134 Å². The minimum atomic E-state index is -4.68. The Morgan fingerprint density at radius 2 is 0.650 bits per heavy atom. The zero-order valence-corrected chi connectivity index (χ0v) is 79.2. The topological polar surface area (TPSA) is 385 Å². The first-order chi connectivity index (χ1) is 68.9. The van der Waals surface area contributed by atoms with Crippen molar-refractivity contribution in [1.29, 1.82) is 0 Å². The van der Waals surface area contributed by atoms with Crippen LogP contribution in [0.25, 0.3) is 67.5 Å². The number of hydrogen-bond acceptors (Lipinski definition) is 27. The van der Waals surface area contributed by atoms with Crippen LogP contribution in [0.3, 0.4) is 0 Å². The van der Waals surface area contributed by atoms with Crippen LogP contribution < -0.4 is 42.4 Å². The van der Waals surface area contributed by atoms with Crippen LogP contribution in [0.15, 0.2) is 325 Å². The lowest BCUT2D eigenvalue weighted by Crippen LogP contribution is -2.27. The summed E-state index contributed by atoms with van der Waals surface area (Å²) >= 11 is 7.80. The van der Waals surface area contributed by atoms with Gasteiger partial charge in [-0.25, -0.2) is 34.3 Å². The Morgan fingerprint density at radius 1 is 0.329 bits per heavy atom. The van der Waals surface area contributed by atoms with Gasteiger partial charge in [0, 0.05) is 146 Å². The van der Waals surface area contributed by atoms with Crippen LogP contribution in [0.2, 0.25) is 0 Å². The predicted octanol–water partition coefficient (Wildman–Crippen LogP) is 22.7. The highest BCUT2D eigenvalue weighted by molar-refractivity contribution is 7.15. The molecule has 0 saturated heterocycles. The summed E-state index contributed by atoms with van der Waals surface area (Å²) in [5, 5.41) is 39.2. The standard InChI is InChI=1S/C17H11F4N3OS.2C17H12F3N3OS.C17H15N3O2S.C16H14N4OS.C16H13N3O2S/c18-13-6-10(5-12(8-13)17(19,20)21)7-15(25)24-16-23-14(9-26-16)11-1-3-22-4-2-11;18-17(19,20)13-3-1-11(2-4-13)9-15(24)23-16-22-14(10-25-16)12-5-7-21-8-6-12;18-17(19,20)13-4-2-1-3-12(13)9-15(24)23-16-22-14(10-25-16)11-5-7-21-8-6-11;1-22-15-5-3-2-4-13(15)10-16(21)20-17-19-14(11-23-17)12-6-8-18-9-7-12;17-14(12-4-2-1-3-5-12)15(21)20-16-19-13(10-22-16)11-6-8-18-9-7-11;20-13-3-1-2-11(8-13)9-15(21)19-16-18-14(10-22-16)12-4-6-17-7-5-12/h1-6,8-9H,7H2,(H,23,24,25);2*1-8,10H,9H2,(H,22,23,24);2-9,11H,10H2,1H3,(H,19,20,21);1-10,14H,17H2,(H,19,20,21);1-8,10,20H,9H2,(H,18,19,21)/t;;;;14-;/m....0./s1. The molecule has 12 aromatic heterocycles. The van der Waals surface area contributed by atoms with Gasteiger partial charge in [-0.15, -0.1) is 68.0 Å². The number of carbonyl (C=O) groups excluding carboxylic acids is 6. The fraction of sp³-hybridized carbons (Fsp3) is 0.100. The van der Waals surface area contributed by atoms with Crippen LogP contribution in [-0.2, 0) is 79.4 Å². The van der Waals surface area contributed by atoms with E-state index in [4.69, 9.17) is 10.5 Å². The Hall–Kier alpha value is -16.3. The number of methoxy groups -OCH3 is 1. The SMILES string of the molecule is COc1ccccc1CC(=O)Nc1nc(-c2ccncc2)cs1.N[C@H](C(=O)Nc1nc(-c2ccncc2)cs1)c1ccccc1.O=C(Cc1cc(F)cc(C(F)(F)F)c1)Nc1nc(-c2ccncc2)cs1.O=C(Cc1ccc(C(F)(F)F)cc1)Nc1nc(-c2ccncc2)cs1.O=C(Cc1cccc(O)c1)Nc1nc(-c2ccncc2)cs1.O=C(Cc1ccccc1C(F)(F)F)Nc1nc(-c2ccncc2)cs1. The van der Waals surface area contributed by atoms with Gasteiger partial charge in [0.05, 0.1) is 90.1 Å². The molecule has 6 aromatic carbocycles. The Kier molecular flexibility index (Phi) is 36.7. The lowest BCUT2D eigenvalue weighted by Gasteiger charge is -2.12. The molecular weight excluding hydrogens is 1980 g/mol. The Morgan fingerprint density at radius 3 is 1.01 bits per heavy atom. The molecule has 0 aliphatic carbocycles. The van der Waals surface area contributed by atoms with Gasteiger partial charge in [0.2, 0.25) is 35.4 Å². The number of pyridine rings is 6. The molecule has 18 rings (SSSR count). The van der Waals surface area contributed by atoms with Crippen LogP contribution in [0.1, 0.15) is 56.1 Å². The number of aromatic hydroxyl groups is 1. The molecule has 0 fully saturated rings. The number of rotatable bonds is 25. The lowest BCUT2D eigenvalue weighted by molar-refractivity contribution is -0.139. The Bertz CT molecular complexity index is 7230. The van der Waals surface area contributed by atoms with Crippen molar-refractivity contribution in [3.05, 3.63) is 381 Å². The summed E-state index contributed by atoms with van der Waals surface area (Å²) in [7, 11) is 1.60. The number of halogens is 10. The molecule has 43 heteroatoms. The van der Waals surface area contributed by atoms with Gasteiger partial charge in [-0.3, -0.25) is 58.7 Å². The number of phenolic OH excluding ortho intramolecular Hbond substituents is 1. The zero-order valence-electron chi connectivity index (χ0n) is 74.3. The maximum absolute atomic E-state index is 13.4. The number of nitrogens with zero attached hydrogens (tertiary/aromatic N) is 12. The van der Waals surface area contributed by atoms with Gasteiger partial charge in [-0.05, 0) is 155 Å². The molecule has 12 heterocycles. The third-order valence-corrected chi connectivity index (χ3v) is 24.1. The quantitative estimate of drug-likeness (QED) is 0.0246. The maximum Gasteiger partial charge on any atom is 0.416 e. The van der Waals surface area contributed by atoms with Gasteiger partial charge in [-0.2, -0.15) is 39.5 Å². The highest BCUT2D eigenvalue weighted by Gasteiger charge is 2.35. The van der Waals surface area contributed by atoms with Crippen molar-refractivity contribution in [2.45, 2.75) is 56.7 Å². The number of thiazole rings is 6. The predicted molar refractivity (Wildman–Crippen MR) is 531 cm³/mol. The van der Waals surface area contributed by atoms with Crippen LogP contribution in [0, 0.1) is 5.82 Å². The number of carbonyl (C=O) groups is 6. The van der Waals surface area contributed by atoms with Crippen molar-refractivity contribution in [1.82, 2.24) is 59.8 Å². The molecule has 27 nitrogen and oxygen atoms in total. The van der Waals surface area contributed by atoms with E-state index in [0.717, 1.165) is 103 Å².